The van der Waals surface area contributed by atoms with Crippen molar-refractivity contribution in [2.24, 2.45) is 0 Å². The van der Waals surface area contributed by atoms with Gasteiger partial charge in [0.2, 0.25) is 0 Å². The van der Waals surface area contributed by atoms with Crippen molar-refractivity contribution < 1.29 is 19.4 Å². The van der Waals surface area contributed by atoms with Crippen LogP contribution in [-0.2, 0) is 9.47 Å². The standard InChI is InChI=1S/C6H12O2.CHClO2/c1-7-6(8-2)4-3-5-6;2-1(3)4/h3-5H2,1-2H3;(H,3,4). The fourth-order valence-corrected chi connectivity index (χ4v) is 0.957. The number of hydrogen-bond acceptors (Lipinski definition) is 3. The second-order valence-electron chi connectivity index (χ2n) is 2.43. The third-order valence-corrected chi connectivity index (χ3v) is 1.86. The summed E-state index contributed by atoms with van der Waals surface area (Å²) in [7, 11) is 3.39. The lowest BCUT2D eigenvalue weighted by Crippen LogP contribution is -2.40. The molecule has 4 nitrogen and oxygen atoms in total. The first-order valence-electron chi connectivity index (χ1n) is 3.55. The smallest absolute Gasteiger partial charge is 0.401 e. The zero-order chi connectivity index (χ0) is 9.61. The van der Waals surface area contributed by atoms with Crippen LogP contribution in [0.15, 0.2) is 0 Å². The molecule has 1 aliphatic carbocycles. The molecule has 0 atom stereocenters. The van der Waals surface area contributed by atoms with Crippen molar-refractivity contribution >= 4 is 17.0 Å². The van der Waals surface area contributed by atoms with Gasteiger partial charge in [-0.1, -0.05) is 0 Å². The van der Waals surface area contributed by atoms with Gasteiger partial charge in [0.1, 0.15) is 0 Å². The lowest BCUT2D eigenvalue weighted by atomic mass is 9.91. The van der Waals surface area contributed by atoms with Crippen LogP contribution in [0.1, 0.15) is 19.3 Å². The average molecular weight is 197 g/mol. The van der Waals surface area contributed by atoms with E-state index in [-0.39, 0.29) is 5.79 Å². The molecule has 0 spiro atoms. The maximum atomic E-state index is 8.77. The Kier molecular flexibility index (Phi) is 5.20. The highest BCUT2D eigenvalue weighted by Crippen LogP contribution is 2.34. The molecule has 0 aromatic carbocycles. The highest BCUT2D eigenvalue weighted by Gasteiger charge is 2.36. The summed E-state index contributed by atoms with van der Waals surface area (Å²) in [5.74, 6) is -0.194. The lowest BCUT2D eigenvalue weighted by molar-refractivity contribution is -0.249. The first-order valence-corrected chi connectivity index (χ1v) is 3.93. The molecule has 1 N–H and O–H groups in total. The summed E-state index contributed by atoms with van der Waals surface area (Å²) in [5.41, 5.74) is -1.36. The minimum absolute atomic E-state index is 0.194. The normalized spacial score (nSPS) is 18.6. The molecule has 1 rings (SSSR count). The average Bonchev–Trinajstić information content (AvgIpc) is 1.86. The maximum Gasteiger partial charge on any atom is 0.401 e. The zero-order valence-electron chi connectivity index (χ0n) is 7.17. The van der Waals surface area contributed by atoms with Crippen molar-refractivity contribution in [3.8, 4) is 0 Å². The van der Waals surface area contributed by atoms with E-state index in [0.29, 0.717) is 0 Å². The topological polar surface area (TPSA) is 55.8 Å². The third kappa shape index (κ3) is 3.90. The molecule has 12 heavy (non-hydrogen) atoms. The Morgan fingerprint density at radius 3 is 1.75 bits per heavy atom. The van der Waals surface area contributed by atoms with E-state index in [1.165, 1.54) is 6.42 Å². The molecule has 0 radical (unpaired) electrons. The van der Waals surface area contributed by atoms with Crippen molar-refractivity contribution in [1.29, 1.82) is 0 Å². The van der Waals surface area contributed by atoms with E-state index in [1.807, 2.05) is 0 Å². The van der Waals surface area contributed by atoms with Gasteiger partial charge in [0, 0.05) is 38.7 Å². The van der Waals surface area contributed by atoms with Crippen LogP contribution in [0, 0.1) is 0 Å². The lowest BCUT2D eigenvalue weighted by Gasteiger charge is -2.38. The number of ether oxygens (including phenoxy) is 2. The van der Waals surface area contributed by atoms with Gasteiger partial charge in [0.05, 0.1) is 0 Å². The van der Waals surface area contributed by atoms with Crippen molar-refractivity contribution in [2.75, 3.05) is 14.2 Å². The molecule has 0 heterocycles. The van der Waals surface area contributed by atoms with Gasteiger partial charge in [-0.05, 0) is 6.42 Å². The molecule has 0 unspecified atom stereocenters. The van der Waals surface area contributed by atoms with E-state index in [0.717, 1.165) is 12.8 Å². The summed E-state index contributed by atoms with van der Waals surface area (Å²) < 4.78 is 10.2. The quantitative estimate of drug-likeness (QED) is 0.543. The molecule has 0 aliphatic heterocycles. The summed E-state index contributed by atoms with van der Waals surface area (Å²) in [6.45, 7) is 0. The van der Waals surface area contributed by atoms with Crippen LogP contribution in [0.2, 0.25) is 0 Å². The molecule has 1 fully saturated rings. The van der Waals surface area contributed by atoms with Gasteiger partial charge in [-0.2, -0.15) is 0 Å². The zero-order valence-corrected chi connectivity index (χ0v) is 7.93. The molecule has 0 aromatic rings. The SMILES string of the molecule is COC1(OC)CCC1.O=C(O)Cl. The molecular formula is C7H13ClO4. The maximum absolute atomic E-state index is 8.77. The largest absolute Gasteiger partial charge is 0.469 e. The second-order valence-corrected chi connectivity index (χ2v) is 2.75. The van der Waals surface area contributed by atoms with E-state index in [2.05, 4.69) is 11.6 Å². The number of carbonyl (C=O) groups is 1. The summed E-state index contributed by atoms with van der Waals surface area (Å²) in [6.07, 6.45) is 3.35. The number of hydrogen-bond donors (Lipinski definition) is 1. The van der Waals surface area contributed by atoms with Crippen LogP contribution in [0.3, 0.4) is 0 Å². The van der Waals surface area contributed by atoms with E-state index < -0.39 is 5.43 Å². The number of rotatable bonds is 2. The van der Waals surface area contributed by atoms with Gasteiger partial charge < -0.3 is 14.6 Å². The molecule has 0 amide bonds. The molecule has 5 heteroatoms. The number of carboxylic acid groups (broad SMARTS) is 1. The van der Waals surface area contributed by atoms with Crippen LogP contribution in [0.25, 0.3) is 0 Å². The van der Waals surface area contributed by atoms with Gasteiger partial charge in [-0.3, -0.25) is 0 Å². The van der Waals surface area contributed by atoms with Crippen LogP contribution in [0.5, 0.6) is 0 Å². The second kappa shape index (κ2) is 5.35. The first kappa shape index (κ1) is 11.7. The fraction of sp³-hybridized carbons (Fsp3) is 0.857. The Morgan fingerprint density at radius 2 is 1.75 bits per heavy atom. The Labute approximate surface area is 76.4 Å². The van der Waals surface area contributed by atoms with E-state index in [1.54, 1.807) is 14.2 Å². The summed E-state index contributed by atoms with van der Waals surface area (Å²) in [5, 5.41) is 7.18. The highest BCUT2D eigenvalue weighted by molar-refractivity contribution is 6.60. The fourth-order valence-electron chi connectivity index (χ4n) is 0.957. The van der Waals surface area contributed by atoms with Gasteiger partial charge in [0.15, 0.2) is 5.79 Å². The van der Waals surface area contributed by atoms with Crippen LogP contribution in [0.4, 0.5) is 4.79 Å². The molecule has 72 valence electrons. The van der Waals surface area contributed by atoms with Gasteiger partial charge in [-0.15, -0.1) is 0 Å². The Morgan fingerprint density at radius 1 is 1.42 bits per heavy atom. The van der Waals surface area contributed by atoms with Crippen LogP contribution in [-0.4, -0.2) is 30.5 Å². The van der Waals surface area contributed by atoms with Crippen molar-refractivity contribution in [3.63, 3.8) is 0 Å². The van der Waals surface area contributed by atoms with E-state index in [9.17, 15) is 0 Å². The molecule has 0 aromatic heterocycles. The predicted molar refractivity (Wildman–Crippen MR) is 44.5 cm³/mol. The summed E-state index contributed by atoms with van der Waals surface area (Å²) in [4.78, 5) is 8.77. The summed E-state index contributed by atoms with van der Waals surface area (Å²) in [6, 6.07) is 0. The molecular weight excluding hydrogens is 184 g/mol. The van der Waals surface area contributed by atoms with Crippen LogP contribution >= 0.6 is 11.6 Å². The first-order chi connectivity index (χ1) is 5.56. The Balaban J connectivity index is 0.000000261. The van der Waals surface area contributed by atoms with Crippen molar-refractivity contribution in [3.05, 3.63) is 0 Å². The minimum atomic E-state index is -1.36. The third-order valence-electron chi connectivity index (χ3n) is 1.86. The van der Waals surface area contributed by atoms with Gasteiger partial charge in [0.25, 0.3) is 0 Å². The van der Waals surface area contributed by atoms with Crippen LogP contribution < -0.4 is 0 Å². The molecule has 0 saturated heterocycles. The number of methoxy groups -OCH3 is 2. The van der Waals surface area contributed by atoms with Crippen molar-refractivity contribution in [1.82, 2.24) is 0 Å². The van der Waals surface area contributed by atoms with Gasteiger partial charge >= 0.3 is 5.43 Å². The van der Waals surface area contributed by atoms with E-state index in [4.69, 9.17) is 19.4 Å². The Bertz CT molecular complexity index is 127. The van der Waals surface area contributed by atoms with E-state index >= 15 is 0 Å². The molecule has 1 aliphatic rings. The highest BCUT2D eigenvalue weighted by atomic mass is 35.5. The van der Waals surface area contributed by atoms with Crippen molar-refractivity contribution in [2.45, 2.75) is 25.0 Å². The molecule has 1 saturated carbocycles. The predicted octanol–water partition coefficient (Wildman–Crippen LogP) is 2.06. The Hall–Kier alpha value is -0.320. The number of halogens is 1. The summed E-state index contributed by atoms with van der Waals surface area (Å²) >= 11 is 4.19. The van der Waals surface area contributed by atoms with Gasteiger partial charge in [-0.25, -0.2) is 4.79 Å². The minimum Gasteiger partial charge on any atom is -0.469 e. The monoisotopic (exact) mass is 196 g/mol. The molecule has 0 bridgehead atoms.